The van der Waals surface area contributed by atoms with E-state index in [4.69, 9.17) is 4.74 Å². The first-order valence-electron chi connectivity index (χ1n) is 7.00. The van der Waals surface area contributed by atoms with Crippen LogP contribution in [0.3, 0.4) is 0 Å². The van der Waals surface area contributed by atoms with Crippen LogP contribution in [0.5, 0.6) is 0 Å². The first-order chi connectivity index (χ1) is 9.27. The van der Waals surface area contributed by atoms with Gasteiger partial charge in [0, 0.05) is 19.4 Å². The van der Waals surface area contributed by atoms with Gasteiger partial charge in [-0.2, -0.15) is 0 Å². The van der Waals surface area contributed by atoms with Gasteiger partial charge < -0.3 is 15.0 Å². The van der Waals surface area contributed by atoms with Crippen molar-refractivity contribution in [1.29, 1.82) is 0 Å². The number of benzene rings is 1. The Morgan fingerprint density at radius 1 is 1.21 bits per heavy atom. The highest BCUT2D eigenvalue weighted by Gasteiger charge is 2.45. The number of nitrogens with zero attached hydrogens (tertiary/aromatic N) is 1. The molecule has 1 spiro atoms. The molecule has 2 saturated heterocycles. The van der Waals surface area contributed by atoms with Gasteiger partial charge in [-0.25, -0.2) is 4.79 Å². The lowest BCUT2D eigenvalue weighted by molar-refractivity contribution is 0.0316. The fourth-order valence-electron chi connectivity index (χ4n) is 2.92. The lowest BCUT2D eigenvalue weighted by Gasteiger charge is -2.31. The summed E-state index contributed by atoms with van der Waals surface area (Å²) in [4.78, 5) is 13.8. The van der Waals surface area contributed by atoms with Crippen LogP contribution in [0, 0.1) is 0 Å². The van der Waals surface area contributed by atoms with Crippen molar-refractivity contribution in [2.45, 2.75) is 24.9 Å². The second kappa shape index (κ2) is 5.21. The number of carbonyl (C=O) groups excluding carboxylic acids is 1. The molecular formula is C15H20N2O2. The lowest BCUT2D eigenvalue weighted by Crippen LogP contribution is -2.45. The number of hydrogen-bond acceptors (Lipinski definition) is 3. The average Bonchev–Trinajstić information content (AvgIpc) is 2.74. The van der Waals surface area contributed by atoms with E-state index >= 15 is 0 Å². The van der Waals surface area contributed by atoms with Crippen LogP contribution >= 0.6 is 0 Å². The van der Waals surface area contributed by atoms with Gasteiger partial charge >= 0.3 is 6.09 Å². The topological polar surface area (TPSA) is 41.6 Å². The van der Waals surface area contributed by atoms with Crippen molar-refractivity contribution in [1.82, 2.24) is 10.2 Å². The summed E-state index contributed by atoms with van der Waals surface area (Å²) in [5.74, 6) is 0. The minimum atomic E-state index is -0.223. The summed E-state index contributed by atoms with van der Waals surface area (Å²) in [7, 11) is 0. The van der Waals surface area contributed by atoms with Gasteiger partial charge in [0.05, 0.1) is 6.54 Å². The number of amides is 1. The van der Waals surface area contributed by atoms with E-state index in [1.165, 1.54) is 5.56 Å². The van der Waals surface area contributed by atoms with E-state index < -0.39 is 0 Å². The molecule has 3 rings (SSSR count). The van der Waals surface area contributed by atoms with E-state index in [0.717, 1.165) is 45.4 Å². The van der Waals surface area contributed by atoms with E-state index in [1.807, 2.05) is 23.1 Å². The van der Waals surface area contributed by atoms with Gasteiger partial charge in [0.25, 0.3) is 0 Å². The zero-order valence-electron chi connectivity index (χ0n) is 11.1. The summed E-state index contributed by atoms with van der Waals surface area (Å²) < 4.78 is 5.64. The molecule has 0 aromatic heterocycles. The van der Waals surface area contributed by atoms with Crippen LogP contribution in [0.1, 0.15) is 18.4 Å². The van der Waals surface area contributed by atoms with Gasteiger partial charge in [-0.05, 0) is 25.1 Å². The molecule has 2 aliphatic heterocycles. The normalized spacial score (nSPS) is 21.7. The van der Waals surface area contributed by atoms with Crippen molar-refractivity contribution in [3.8, 4) is 0 Å². The summed E-state index contributed by atoms with van der Waals surface area (Å²) >= 11 is 0. The number of carbonyl (C=O) groups is 1. The molecule has 0 saturated carbocycles. The molecule has 1 aromatic rings. The summed E-state index contributed by atoms with van der Waals surface area (Å²) in [6.45, 7) is 3.39. The molecule has 1 N–H and O–H groups in total. The Balaban J connectivity index is 1.58. The molecule has 4 heteroatoms. The first kappa shape index (κ1) is 12.5. The minimum Gasteiger partial charge on any atom is -0.441 e. The highest BCUT2D eigenvalue weighted by atomic mass is 16.6. The van der Waals surface area contributed by atoms with Crippen molar-refractivity contribution in [2.75, 3.05) is 26.2 Å². The van der Waals surface area contributed by atoms with Gasteiger partial charge in [-0.1, -0.05) is 30.3 Å². The highest BCUT2D eigenvalue weighted by Crippen LogP contribution is 2.31. The van der Waals surface area contributed by atoms with E-state index in [-0.39, 0.29) is 11.7 Å². The summed E-state index contributed by atoms with van der Waals surface area (Å²) in [6, 6.07) is 10.3. The molecule has 0 bridgehead atoms. The molecule has 19 heavy (non-hydrogen) atoms. The monoisotopic (exact) mass is 260 g/mol. The Labute approximate surface area is 113 Å². The lowest BCUT2D eigenvalue weighted by atomic mass is 9.92. The third kappa shape index (κ3) is 2.73. The smallest absolute Gasteiger partial charge is 0.410 e. The largest absolute Gasteiger partial charge is 0.441 e. The molecule has 2 aliphatic rings. The van der Waals surface area contributed by atoms with Crippen molar-refractivity contribution >= 4 is 6.09 Å². The maximum Gasteiger partial charge on any atom is 0.410 e. The molecule has 1 aromatic carbocycles. The molecule has 2 heterocycles. The summed E-state index contributed by atoms with van der Waals surface area (Å²) in [5.41, 5.74) is 1.04. The Bertz CT molecular complexity index is 441. The number of ether oxygens (including phenoxy) is 1. The maximum absolute atomic E-state index is 12.0. The number of hydrogen-bond donors (Lipinski definition) is 1. The third-order valence-electron chi connectivity index (χ3n) is 4.07. The standard InChI is InChI=1S/C15H20N2O2/c18-14-17(11-6-13-4-2-1-3-5-13)12-15(19-14)7-9-16-10-8-15/h1-5,16H,6-12H2. The van der Waals surface area contributed by atoms with Crippen LogP contribution in [0.2, 0.25) is 0 Å². The molecule has 0 radical (unpaired) electrons. The van der Waals surface area contributed by atoms with E-state index in [1.54, 1.807) is 0 Å². The zero-order chi connectivity index (χ0) is 13.1. The highest BCUT2D eigenvalue weighted by molar-refractivity contribution is 5.70. The molecular weight excluding hydrogens is 240 g/mol. The first-order valence-corrected chi connectivity index (χ1v) is 7.00. The van der Waals surface area contributed by atoms with Crippen LogP contribution in [0.25, 0.3) is 0 Å². The van der Waals surface area contributed by atoms with Crippen molar-refractivity contribution in [3.63, 3.8) is 0 Å². The molecule has 0 atom stereocenters. The van der Waals surface area contributed by atoms with Crippen LogP contribution in [-0.2, 0) is 11.2 Å². The molecule has 0 aliphatic carbocycles. The minimum absolute atomic E-state index is 0.141. The van der Waals surface area contributed by atoms with Crippen molar-refractivity contribution in [2.24, 2.45) is 0 Å². The fourth-order valence-corrected chi connectivity index (χ4v) is 2.92. The second-order valence-corrected chi connectivity index (χ2v) is 5.46. The van der Waals surface area contributed by atoms with Gasteiger partial charge in [0.15, 0.2) is 0 Å². The van der Waals surface area contributed by atoms with Crippen molar-refractivity contribution in [3.05, 3.63) is 35.9 Å². The van der Waals surface area contributed by atoms with Crippen molar-refractivity contribution < 1.29 is 9.53 Å². The van der Waals surface area contributed by atoms with Gasteiger partial charge in [0.2, 0.25) is 0 Å². The number of rotatable bonds is 3. The van der Waals surface area contributed by atoms with Gasteiger partial charge in [-0.3, -0.25) is 0 Å². The molecule has 4 nitrogen and oxygen atoms in total. The molecule has 1 amide bonds. The Kier molecular flexibility index (Phi) is 3.42. The number of piperidine rings is 1. The van der Waals surface area contributed by atoms with E-state index in [9.17, 15) is 4.79 Å². The van der Waals surface area contributed by atoms with E-state index in [2.05, 4.69) is 17.4 Å². The van der Waals surface area contributed by atoms with Crippen LogP contribution in [-0.4, -0.2) is 42.8 Å². The Morgan fingerprint density at radius 3 is 2.68 bits per heavy atom. The van der Waals surface area contributed by atoms with Crippen LogP contribution in [0.15, 0.2) is 30.3 Å². The van der Waals surface area contributed by atoms with Crippen LogP contribution < -0.4 is 5.32 Å². The van der Waals surface area contributed by atoms with E-state index in [0.29, 0.717) is 0 Å². The van der Waals surface area contributed by atoms with Crippen LogP contribution in [0.4, 0.5) is 4.79 Å². The quantitative estimate of drug-likeness (QED) is 0.901. The SMILES string of the molecule is O=C1OC2(CCNCC2)CN1CCc1ccccc1. The maximum atomic E-state index is 12.0. The Hall–Kier alpha value is -1.55. The third-order valence-corrected chi connectivity index (χ3v) is 4.07. The predicted molar refractivity (Wildman–Crippen MR) is 73.0 cm³/mol. The molecule has 2 fully saturated rings. The number of nitrogens with one attached hydrogen (secondary N) is 1. The average molecular weight is 260 g/mol. The Morgan fingerprint density at radius 2 is 1.95 bits per heavy atom. The summed E-state index contributed by atoms with van der Waals surface area (Å²) in [6.07, 6.45) is 2.61. The predicted octanol–water partition coefficient (Wildman–Crippen LogP) is 1.80. The second-order valence-electron chi connectivity index (χ2n) is 5.46. The zero-order valence-corrected chi connectivity index (χ0v) is 11.1. The fraction of sp³-hybridized carbons (Fsp3) is 0.533. The van der Waals surface area contributed by atoms with Gasteiger partial charge in [-0.15, -0.1) is 0 Å². The molecule has 102 valence electrons. The van der Waals surface area contributed by atoms with Gasteiger partial charge in [0.1, 0.15) is 5.60 Å². The molecule has 0 unspecified atom stereocenters. The summed E-state index contributed by atoms with van der Waals surface area (Å²) in [5, 5.41) is 3.31.